The smallest absolute Gasteiger partial charge is 0.0173 e. The van der Waals surface area contributed by atoms with Gasteiger partial charge in [0.25, 0.3) is 0 Å². The molecule has 0 heterocycles. The van der Waals surface area contributed by atoms with Crippen LogP contribution >= 0.6 is 0 Å². The molecule has 1 fully saturated rings. The van der Waals surface area contributed by atoms with Gasteiger partial charge in [0.2, 0.25) is 0 Å². The van der Waals surface area contributed by atoms with Crippen molar-refractivity contribution < 1.29 is 0 Å². The van der Waals surface area contributed by atoms with Crippen molar-refractivity contribution in [3.05, 3.63) is 0 Å². The first kappa shape index (κ1) is 13.0. The fourth-order valence-electron chi connectivity index (χ4n) is 2.39. The normalized spacial score (nSPS) is 19.2. The van der Waals surface area contributed by atoms with E-state index in [0.29, 0.717) is 11.6 Å². The van der Waals surface area contributed by atoms with Crippen LogP contribution in [0.4, 0.5) is 0 Å². The summed E-state index contributed by atoms with van der Waals surface area (Å²) in [5.41, 5.74) is 6.46. The zero-order chi connectivity index (χ0) is 11.3. The fourth-order valence-corrected chi connectivity index (χ4v) is 2.39. The Kier molecular flexibility index (Phi) is 5.07. The molecular weight excluding hydrogens is 184 g/mol. The third-order valence-electron chi connectivity index (χ3n) is 4.24. The van der Waals surface area contributed by atoms with Gasteiger partial charge in [0, 0.05) is 11.6 Å². The van der Waals surface area contributed by atoms with E-state index in [9.17, 15) is 0 Å². The van der Waals surface area contributed by atoms with Crippen molar-refractivity contribution in [1.29, 1.82) is 0 Å². The largest absolute Gasteiger partial charge is 0.327 e. The molecule has 2 heteroatoms. The summed E-state index contributed by atoms with van der Waals surface area (Å²) in [5, 5.41) is 3.72. The monoisotopic (exact) mass is 212 g/mol. The summed E-state index contributed by atoms with van der Waals surface area (Å²) in [6, 6.07) is 0.445. The topological polar surface area (TPSA) is 38.0 Å². The standard InChI is InChI=1S/C13H28N2/c1-4-13(5-2,6-3)15-10-9-12(14)11-7-8-11/h11-12,15H,4-10,14H2,1-3H3. The summed E-state index contributed by atoms with van der Waals surface area (Å²) in [5.74, 6) is 0.839. The molecule has 15 heavy (non-hydrogen) atoms. The van der Waals surface area contributed by atoms with Gasteiger partial charge in [-0.3, -0.25) is 0 Å². The molecular formula is C13H28N2. The summed E-state index contributed by atoms with van der Waals surface area (Å²) >= 11 is 0. The second kappa shape index (κ2) is 5.86. The van der Waals surface area contributed by atoms with Gasteiger partial charge >= 0.3 is 0 Å². The van der Waals surface area contributed by atoms with Crippen molar-refractivity contribution >= 4 is 0 Å². The molecule has 1 aliphatic rings. The van der Waals surface area contributed by atoms with E-state index in [2.05, 4.69) is 26.1 Å². The molecule has 1 saturated carbocycles. The summed E-state index contributed by atoms with van der Waals surface area (Å²) in [6.07, 6.45) is 7.53. The first-order chi connectivity index (χ1) is 7.17. The molecule has 0 spiro atoms. The van der Waals surface area contributed by atoms with Gasteiger partial charge in [-0.2, -0.15) is 0 Å². The lowest BCUT2D eigenvalue weighted by Gasteiger charge is -2.32. The predicted octanol–water partition coefficient (Wildman–Crippen LogP) is 2.67. The van der Waals surface area contributed by atoms with Crippen molar-refractivity contribution in [3.8, 4) is 0 Å². The SMILES string of the molecule is CCC(CC)(CC)NCCC(N)C1CC1. The first-order valence-electron chi connectivity index (χ1n) is 6.68. The van der Waals surface area contributed by atoms with E-state index in [-0.39, 0.29) is 0 Å². The van der Waals surface area contributed by atoms with E-state index in [0.717, 1.165) is 18.9 Å². The molecule has 1 rings (SSSR count). The molecule has 0 aromatic rings. The van der Waals surface area contributed by atoms with E-state index >= 15 is 0 Å². The first-order valence-corrected chi connectivity index (χ1v) is 6.68. The van der Waals surface area contributed by atoms with Crippen LogP contribution in [0.15, 0.2) is 0 Å². The minimum Gasteiger partial charge on any atom is -0.327 e. The van der Waals surface area contributed by atoms with Crippen LogP contribution in [-0.4, -0.2) is 18.1 Å². The lowest BCUT2D eigenvalue weighted by Crippen LogP contribution is -2.45. The van der Waals surface area contributed by atoms with Gasteiger partial charge in [-0.25, -0.2) is 0 Å². The maximum atomic E-state index is 6.09. The van der Waals surface area contributed by atoms with Crippen LogP contribution in [0, 0.1) is 5.92 Å². The second-order valence-electron chi connectivity index (χ2n) is 5.06. The van der Waals surface area contributed by atoms with Crippen LogP contribution in [0.5, 0.6) is 0 Å². The van der Waals surface area contributed by atoms with Crippen molar-refractivity contribution in [2.24, 2.45) is 11.7 Å². The Bertz CT molecular complexity index is 163. The van der Waals surface area contributed by atoms with Crippen LogP contribution in [0.1, 0.15) is 59.3 Å². The third kappa shape index (κ3) is 3.76. The molecule has 0 aliphatic heterocycles. The second-order valence-corrected chi connectivity index (χ2v) is 5.06. The van der Waals surface area contributed by atoms with Gasteiger partial charge in [-0.05, 0) is 51.0 Å². The quantitative estimate of drug-likeness (QED) is 0.649. The Labute approximate surface area is 95.0 Å². The number of hydrogen-bond acceptors (Lipinski definition) is 2. The average molecular weight is 212 g/mol. The van der Waals surface area contributed by atoms with Crippen molar-refractivity contribution in [1.82, 2.24) is 5.32 Å². The molecule has 0 aromatic carbocycles. The molecule has 0 amide bonds. The molecule has 2 nitrogen and oxygen atoms in total. The highest BCUT2D eigenvalue weighted by atomic mass is 15.0. The van der Waals surface area contributed by atoms with E-state index < -0.39 is 0 Å². The van der Waals surface area contributed by atoms with Gasteiger partial charge in [-0.15, -0.1) is 0 Å². The van der Waals surface area contributed by atoms with Crippen LogP contribution in [0.3, 0.4) is 0 Å². The van der Waals surface area contributed by atoms with E-state index in [1.165, 1.54) is 32.1 Å². The van der Waals surface area contributed by atoms with Crippen molar-refractivity contribution in [2.45, 2.75) is 70.9 Å². The van der Waals surface area contributed by atoms with Crippen molar-refractivity contribution in [3.63, 3.8) is 0 Å². The van der Waals surface area contributed by atoms with Gasteiger partial charge in [-0.1, -0.05) is 20.8 Å². The number of hydrogen-bond donors (Lipinski definition) is 2. The number of nitrogens with two attached hydrogens (primary N) is 1. The minimum atomic E-state index is 0.364. The molecule has 0 radical (unpaired) electrons. The highest BCUT2D eigenvalue weighted by Crippen LogP contribution is 2.32. The predicted molar refractivity (Wildman–Crippen MR) is 66.9 cm³/mol. The van der Waals surface area contributed by atoms with Crippen LogP contribution < -0.4 is 11.1 Å². The Morgan fingerprint density at radius 2 is 1.73 bits per heavy atom. The van der Waals surface area contributed by atoms with Crippen molar-refractivity contribution in [2.75, 3.05) is 6.54 Å². The Morgan fingerprint density at radius 1 is 1.20 bits per heavy atom. The van der Waals surface area contributed by atoms with Gasteiger partial charge in [0.05, 0.1) is 0 Å². The van der Waals surface area contributed by atoms with E-state index in [4.69, 9.17) is 5.73 Å². The number of rotatable bonds is 8. The zero-order valence-electron chi connectivity index (χ0n) is 10.7. The Morgan fingerprint density at radius 3 is 2.13 bits per heavy atom. The summed E-state index contributed by atoms with van der Waals surface area (Å²) < 4.78 is 0. The maximum absolute atomic E-state index is 6.09. The molecule has 1 atom stereocenters. The summed E-state index contributed by atoms with van der Waals surface area (Å²) in [7, 11) is 0. The molecule has 1 aliphatic carbocycles. The highest BCUT2D eigenvalue weighted by Gasteiger charge is 2.29. The molecule has 1 unspecified atom stereocenters. The van der Waals surface area contributed by atoms with Crippen LogP contribution in [0.25, 0.3) is 0 Å². The van der Waals surface area contributed by atoms with E-state index in [1.54, 1.807) is 0 Å². The maximum Gasteiger partial charge on any atom is 0.0173 e. The molecule has 0 saturated heterocycles. The van der Waals surface area contributed by atoms with E-state index in [1.807, 2.05) is 0 Å². The molecule has 3 N–H and O–H groups in total. The minimum absolute atomic E-state index is 0.364. The Balaban J connectivity index is 2.20. The fraction of sp³-hybridized carbons (Fsp3) is 1.00. The highest BCUT2D eigenvalue weighted by molar-refractivity contribution is 4.87. The van der Waals surface area contributed by atoms with Gasteiger partial charge in [0.1, 0.15) is 0 Å². The molecule has 0 bridgehead atoms. The Hall–Kier alpha value is -0.0800. The van der Waals surface area contributed by atoms with Crippen LogP contribution in [-0.2, 0) is 0 Å². The zero-order valence-corrected chi connectivity index (χ0v) is 10.7. The lowest BCUT2D eigenvalue weighted by molar-refractivity contribution is 0.284. The van der Waals surface area contributed by atoms with Gasteiger partial charge in [0.15, 0.2) is 0 Å². The average Bonchev–Trinajstić information content (AvgIpc) is 3.08. The number of nitrogens with one attached hydrogen (secondary N) is 1. The van der Waals surface area contributed by atoms with Crippen LogP contribution in [0.2, 0.25) is 0 Å². The third-order valence-corrected chi connectivity index (χ3v) is 4.24. The summed E-state index contributed by atoms with van der Waals surface area (Å²) in [4.78, 5) is 0. The lowest BCUT2D eigenvalue weighted by atomic mass is 9.89. The van der Waals surface area contributed by atoms with Gasteiger partial charge < -0.3 is 11.1 Å². The molecule has 90 valence electrons. The summed E-state index contributed by atoms with van der Waals surface area (Å²) in [6.45, 7) is 7.93. The molecule has 0 aromatic heterocycles.